The Kier molecular flexibility index (Phi) is 8.20. The van der Waals surface area contributed by atoms with Crippen molar-refractivity contribution in [2.45, 2.75) is 39.7 Å². The number of carbonyl (C=O) groups is 2. The topological polar surface area (TPSA) is 107 Å². The maximum atomic E-state index is 13.3. The highest BCUT2D eigenvalue weighted by molar-refractivity contribution is 6.07. The number of ether oxygens (including phenoxy) is 3. The Morgan fingerprint density at radius 2 is 1.67 bits per heavy atom. The monoisotopic (exact) mass is 494 g/mol. The van der Waals surface area contributed by atoms with E-state index in [1.54, 1.807) is 40.2 Å². The summed E-state index contributed by atoms with van der Waals surface area (Å²) >= 11 is 0. The Bertz CT molecular complexity index is 1250. The zero-order chi connectivity index (χ0) is 26.5. The molecule has 0 radical (unpaired) electrons. The number of benzene rings is 2. The summed E-state index contributed by atoms with van der Waals surface area (Å²) in [7, 11) is 3.15. The number of para-hydroxylation sites is 1. The van der Waals surface area contributed by atoms with Crippen molar-refractivity contribution in [2.24, 2.45) is 5.41 Å². The molecule has 8 nitrogen and oxygen atoms in total. The van der Waals surface area contributed by atoms with Crippen LogP contribution in [0.5, 0.6) is 11.5 Å². The van der Waals surface area contributed by atoms with Gasteiger partial charge in [-0.1, -0.05) is 18.2 Å². The van der Waals surface area contributed by atoms with Crippen LogP contribution in [0.4, 0.5) is 0 Å². The molecule has 0 aliphatic heterocycles. The minimum absolute atomic E-state index is 0.252. The lowest BCUT2D eigenvalue weighted by atomic mass is 9.90. The normalized spacial score (nSPS) is 11.8. The Labute approximate surface area is 211 Å². The molecule has 36 heavy (non-hydrogen) atoms. The van der Waals surface area contributed by atoms with E-state index < -0.39 is 17.0 Å². The van der Waals surface area contributed by atoms with Gasteiger partial charge in [0.15, 0.2) is 11.5 Å². The fraction of sp³-hybridized carbons (Fsp3) is 0.393. The third-order valence-corrected chi connectivity index (χ3v) is 6.11. The summed E-state index contributed by atoms with van der Waals surface area (Å²) in [6.07, 6.45) is 0.364. The number of nitrogens with zero attached hydrogens (tertiary/aromatic N) is 1. The van der Waals surface area contributed by atoms with Crippen molar-refractivity contribution < 1.29 is 28.9 Å². The molecule has 2 N–H and O–H groups in total. The molecular formula is C28H34N2O6. The van der Waals surface area contributed by atoms with Crippen molar-refractivity contribution in [3.63, 3.8) is 0 Å². The second-order valence-corrected chi connectivity index (χ2v) is 9.87. The highest BCUT2D eigenvalue weighted by Gasteiger charge is 2.28. The summed E-state index contributed by atoms with van der Waals surface area (Å²) < 4.78 is 16.7. The zero-order valence-electron chi connectivity index (χ0n) is 21.7. The van der Waals surface area contributed by atoms with Crippen molar-refractivity contribution >= 4 is 22.8 Å². The van der Waals surface area contributed by atoms with Crippen LogP contribution in [0.2, 0.25) is 0 Å². The lowest BCUT2D eigenvalue weighted by Gasteiger charge is -2.28. The number of nitrogens with one attached hydrogen (secondary N) is 1. The van der Waals surface area contributed by atoms with Crippen molar-refractivity contribution in [3.05, 3.63) is 54.1 Å². The number of carboxylic acids is 1. The summed E-state index contributed by atoms with van der Waals surface area (Å²) in [6.45, 7) is 7.57. The number of rotatable bonds is 11. The lowest BCUT2D eigenvalue weighted by Crippen LogP contribution is -2.41. The fourth-order valence-electron chi connectivity index (χ4n) is 3.64. The molecule has 1 aromatic heterocycles. The number of carbonyl (C=O) groups excluding carboxylic acids is 1. The van der Waals surface area contributed by atoms with Gasteiger partial charge in [-0.2, -0.15) is 0 Å². The van der Waals surface area contributed by atoms with Crippen molar-refractivity contribution in [1.29, 1.82) is 0 Å². The summed E-state index contributed by atoms with van der Waals surface area (Å²) in [5.41, 5.74) is 1.05. The quantitative estimate of drug-likeness (QED) is 0.389. The molecule has 192 valence electrons. The van der Waals surface area contributed by atoms with Gasteiger partial charge in [-0.3, -0.25) is 9.59 Å². The van der Waals surface area contributed by atoms with E-state index >= 15 is 0 Å². The molecule has 0 saturated carbocycles. The molecule has 0 bridgehead atoms. The van der Waals surface area contributed by atoms with Crippen LogP contribution in [0.3, 0.4) is 0 Å². The lowest BCUT2D eigenvalue weighted by molar-refractivity contribution is -0.148. The van der Waals surface area contributed by atoms with Crippen molar-refractivity contribution in [3.8, 4) is 22.8 Å². The number of hydrogen-bond acceptors (Lipinski definition) is 6. The van der Waals surface area contributed by atoms with Crippen LogP contribution in [0.25, 0.3) is 22.2 Å². The molecule has 3 rings (SSSR count). The largest absolute Gasteiger partial charge is 0.493 e. The maximum absolute atomic E-state index is 13.3. The van der Waals surface area contributed by atoms with Gasteiger partial charge in [-0.25, -0.2) is 4.98 Å². The minimum atomic E-state index is -0.879. The van der Waals surface area contributed by atoms with E-state index in [9.17, 15) is 14.7 Å². The number of carboxylic acid groups (broad SMARTS) is 1. The van der Waals surface area contributed by atoms with Crippen LogP contribution in [-0.2, 0) is 9.53 Å². The fourth-order valence-corrected chi connectivity index (χ4v) is 3.64. The van der Waals surface area contributed by atoms with E-state index in [1.807, 2.05) is 50.2 Å². The molecule has 0 aliphatic rings. The average molecular weight is 495 g/mol. The molecule has 0 saturated heterocycles. The molecule has 8 heteroatoms. The first-order chi connectivity index (χ1) is 17.0. The number of pyridine rings is 1. The van der Waals surface area contributed by atoms with Gasteiger partial charge in [0, 0.05) is 24.1 Å². The first kappa shape index (κ1) is 26.9. The van der Waals surface area contributed by atoms with E-state index in [1.165, 1.54) is 0 Å². The second kappa shape index (κ2) is 11.0. The van der Waals surface area contributed by atoms with E-state index in [-0.39, 0.29) is 19.1 Å². The van der Waals surface area contributed by atoms with Crippen LogP contribution in [0.1, 0.15) is 44.5 Å². The third-order valence-electron chi connectivity index (χ3n) is 6.11. The van der Waals surface area contributed by atoms with Crippen LogP contribution >= 0.6 is 0 Å². The number of fused-ring (bicyclic) bond motifs is 1. The van der Waals surface area contributed by atoms with Gasteiger partial charge >= 0.3 is 5.97 Å². The van der Waals surface area contributed by atoms with Gasteiger partial charge in [0.25, 0.3) is 5.91 Å². The number of hydrogen-bond donors (Lipinski definition) is 2. The van der Waals surface area contributed by atoms with E-state index in [0.29, 0.717) is 34.7 Å². The molecule has 3 aromatic rings. The molecule has 1 amide bonds. The Hall–Kier alpha value is -3.65. The molecule has 1 heterocycles. The van der Waals surface area contributed by atoms with Crippen LogP contribution in [-0.4, -0.2) is 54.9 Å². The van der Waals surface area contributed by atoms with Gasteiger partial charge in [0.05, 0.1) is 42.0 Å². The molecule has 0 aliphatic carbocycles. The number of aromatic nitrogens is 1. The molecule has 0 fully saturated rings. The molecule has 0 atom stereocenters. The Balaban J connectivity index is 1.82. The average Bonchev–Trinajstić information content (AvgIpc) is 2.85. The van der Waals surface area contributed by atoms with Gasteiger partial charge in [0.2, 0.25) is 0 Å². The first-order valence-electron chi connectivity index (χ1n) is 11.8. The van der Waals surface area contributed by atoms with E-state index in [4.69, 9.17) is 19.2 Å². The summed E-state index contributed by atoms with van der Waals surface area (Å²) in [4.78, 5) is 29.4. The summed E-state index contributed by atoms with van der Waals surface area (Å²) in [5.74, 6) is 0.0554. The molecule has 0 unspecified atom stereocenters. The smallest absolute Gasteiger partial charge is 0.309 e. The second-order valence-electron chi connectivity index (χ2n) is 9.87. The van der Waals surface area contributed by atoms with E-state index in [2.05, 4.69) is 5.32 Å². The van der Waals surface area contributed by atoms with Gasteiger partial charge in [-0.05, 0) is 64.4 Å². The number of amides is 1. The number of aliphatic carboxylic acids is 1. The standard InChI is InChI=1S/C28H34N2O6/c1-27(2,26(32)33)13-14-36-28(3,4)17-29-25(31)20-16-22(30-21-10-8-7-9-19(20)21)18-11-12-23(34-5)24(15-18)35-6/h7-12,15-16H,13-14,17H2,1-6H3,(H,29,31)(H,32,33). The van der Waals surface area contributed by atoms with Crippen LogP contribution < -0.4 is 14.8 Å². The van der Waals surface area contributed by atoms with E-state index in [0.717, 1.165) is 10.9 Å². The molecular weight excluding hydrogens is 460 g/mol. The Morgan fingerprint density at radius 3 is 2.33 bits per heavy atom. The summed E-state index contributed by atoms with van der Waals surface area (Å²) in [6, 6.07) is 14.7. The van der Waals surface area contributed by atoms with Crippen LogP contribution in [0, 0.1) is 5.41 Å². The van der Waals surface area contributed by atoms with Crippen molar-refractivity contribution in [1.82, 2.24) is 10.3 Å². The third kappa shape index (κ3) is 6.31. The summed E-state index contributed by atoms with van der Waals surface area (Å²) in [5, 5.41) is 13.0. The number of methoxy groups -OCH3 is 2. The minimum Gasteiger partial charge on any atom is -0.493 e. The zero-order valence-corrected chi connectivity index (χ0v) is 21.7. The maximum Gasteiger partial charge on any atom is 0.309 e. The van der Waals surface area contributed by atoms with Gasteiger partial charge < -0.3 is 24.6 Å². The first-order valence-corrected chi connectivity index (χ1v) is 11.8. The highest BCUT2D eigenvalue weighted by atomic mass is 16.5. The highest BCUT2D eigenvalue weighted by Crippen LogP contribution is 2.33. The van der Waals surface area contributed by atoms with Gasteiger partial charge in [0.1, 0.15) is 0 Å². The predicted octanol–water partition coefficient (Wildman–Crippen LogP) is 4.94. The predicted molar refractivity (Wildman–Crippen MR) is 139 cm³/mol. The Morgan fingerprint density at radius 1 is 0.972 bits per heavy atom. The van der Waals surface area contributed by atoms with Crippen LogP contribution in [0.15, 0.2) is 48.5 Å². The molecule has 0 spiro atoms. The van der Waals surface area contributed by atoms with Crippen molar-refractivity contribution in [2.75, 3.05) is 27.4 Å². The SMILES string of the molecule is COc1ccc(-c2cc(C(=O)NCC(C)(C)OCCC(C)(C)C(=O)O)c3ccccc3n2)cc1OC. The molecule has 2 aromatic carbocycles. The van der Waals surface area contributed by atoms with Gasteiger partial charge in [-0.15, -0.1) is 0 Å².